The topological polar surface area (TPSA) is 107 Å². The maximum atomic E-state index is 11.0. The summed E-state index contributed by atoms with van der Waals surface area (Å²) in [6, 6.07) is 0. The van der Waals surface area contributed by atoms with E-state index >= 15 is 0 Å². The summed E-state index contributed by atoms with van der Waals surface area (Å²) in [6.07, 6.45) is -2.25. The molecule has 7 nitrogen and oxygen atoms in total. The van der Waals surface area contributed by atoms with Gasteiger partial charge in [0, 0.05) is 0 Å². The molecule has 1 fully saturated rings. The maximum absolute atomic E-state index is 11.0. The van der Waals surface area contributed by atoms with Crippen LogP contribution in [-0.4, -0.2) is 35.1 Å². The Balaban J connectivity index is 2.35. The predicted octanol–water partition coefficient (Wildman–Crippen LogP) is -0.764. The Morgan fingerprint density at radius 3 is 2.53 bits per heavy atom. The number of carboxylic acid groups (broad SMARTS) is 1. The molecular weight excluding hydrogens is 208 g/mol. The third kappa shape index (κ3) is 3.37. The predicted molar refractivity (Wildman–Crippen MR) is 42.5 cm³/mol. The highest BCUT2D eigenvalue weighted by atomic mass is 16.6. The standard InChI is InChI=1S/C8H8O7/c9-5(10)1-2-6(11)14-4-3-7(12)15-8(4)13/h4H,1-3H2,(H,9,10). The third-order valence-electron chi connectivity index (χ3n) is 1.65. The van der Waals surface area contributed by atoms with Crippen LogP contribution in [-0.2, 0) is 28.7 Å². The van der Waals surface area contributed by atoms with E-state index in [1.807, 2.05) is 0 Å². The van der Waals surface area contributed by atoms with Crippen LogP contribution in [0.15, 0.2) is 0 Å². The first-order valence-electron chi connectivity index (χ1n) is 4.15. The van der Waals surface area contributed by atoms with Crippen LogP contribution in [0.5, 0.6) is 0 Å². The highest BCUT2D eigenvalue weighted by Gasteiger charge is 2.36. The van der Waals surface area contributed by atoms with Crippen LogP contribution in [0, 0.1) is 0 Å². The number of esters is 3. The molecule has 1 aliphatic rings. The Kier molecular flexibility index (Phi) is 3.37. The molecule has 82 valence electrons. The lowest BCUT2D eigenvalue weighted by molar-refractivity contribution is -0.162. The van der Waals surface area contributed by atoms with E-state index < -0.39 is 30.0 Å². The van der Waals surface area contributed by atoms with Gasteiger partial charge in [-0.15, -0.1) is 0 Å². The summed E-state index contributed by atoms with van der Waals surface area (Å²) in [5.74, 6) is -3.65. The monoisotopic (exact) mass is 216 g/mol. The van der Waals surface area contributed by atoms with Gasteiger partial charge in [-0.05, 0) is 0 Å². The van der Waals surface area contributed by atoms with Gasteiger partial charge in [0.1, 0.15) is 0 Å². The number of rotatable bonds is 4. The summed E-state index contributed by atoms with van der Waals surface area (Å²) in [5, 5.41) is 8.26. The average molecular weight is 216 g/mol. The summed E-state index contributed by atoms with van der Waals surface area (Å²) in [7, 11) is 0. The fourth-order valence-electron chi connectivity index (χ4n) is 0.971. The summed E-state index contributed by atoms with van der Waals surface area (Å²) >= 11 is 0. The van der Waals surface area contributed by atoms with Gasteiger partial charge in [-0.2, -0.15) is 0 Å². The largest absolute Gasteiger partial charge is 0.481 e. The Labute approximate surface area is 84.0 Å². The number of carbonyl (C=O) groups excluding carboxylic acids is 3. The minimum Gasteiger partial charge on any atom is -0.481 e. The maximum Gasteiger partial charge on any atom is 0.355 e. The van der Waals surface area contributed by atoms with Gasteiger partial charge < -0.3 is 14.6 Å². The summed E-state index contributed by atoms with van der Waals surface area (Å²) in [6.45, 7) is 0. The van der Waals surface area contributed by atoms with Crippen LogP contribution in [0.3, 0.4) is 0 Å². The highest BCUT2D eigenvalue weighted by molar-refractivity contribution is 5.97. The minimum absolute atomic E-state index is 0.308. The first-order valence-corrected chi connectivity index (χ1v) is 4.15. The molecule has 15 heavy (non-hydrogen) atoms. The van der Waals surface area contributed by atoms with E-state index in [-0.39, 0.29) is 19.3 Å². The molecule has 0 amide bonds. The molecule has 1 atom stereocenters. The van der Waals surface area contributed by atoms with Gasteiger partial charge in [0.15, 0.2) is 0 Å². The van der Waals surface area contributed by atoms with Crippen molar-refractivity contribution in [2.75, 3.05) is 0 Å². The number of carboxylic acids is 1. The molecular formula is C8H8O7. The van der Waals surface area contributed by atoms with Crippen LogP contribution in [0.4, 0.5) is 0 Å². The molecule has 0 radical (unpaired) electrons. The van der Waals surface area contributed by atoms with Crippen LogP contribution < -0.4 is 0 Å². The number of hydrogen-bond acceptors (Lipinski definition) is 6. The van der Waals surface area contributed by atoms with E-state index in [2.05, 4.69) is 9.47 Å². The van der Waals surface area contributed by atoms with E-state index in [1.54, 1.807) is 0 Å². The molecule has 0 bridgehead atoms. The number of hydrogen-bond donors (Lipinski definition) is 1. The average Bonchev–Trinajstić information content (AvgIpc) is 2.42. The van der Waals surface area contributed by atoms with Gasteiger partial charge >= 0.3 is 23.9 Å². The Morgan fingerprint density at radius 1 is 1.40 bits per heavy atom. The van der Waals surface area contributed by atoms with Crippen molar-refractivity contribution in [2.24, 2.45) is 0 Å². The molecule has 0 spiro atoms. The van der Waals surface area contributed by atoms with E-state index in [0.717, 1.165) is 0 Å². The van der Waals surface area contributed by atoms with Crippen molar-refractivity contribution in [1.29, 1.82) is 0 Å². The fraction of sp³-hybridized carbons (Fsp3) is 0.500. The zero-order valence-corrected chi connectivity index (χ0v) is 7.60. The quantitative estimate of drug-likeness (QED) is 0.486. The minimum atomic E-state index is -1.22. The SMILES string of the molecule is O=C(O)CCC(=O)OC1CC(=O)OC1=O. The zero-order chi connectivity index (χ0) is 11.4. The molecule has 1 aliphatic heterocycles. The van der Waals surface area contributed by atoms with Crippen LogP contribution in [0.2, 0.25) is 0 Å². The summed E-state index contributed by atoms with van der Waals surface area (Å²) in [4.78, 5) is 42.5. The van der Waals surface area contributed by atoms with Crippen LogP contribution >= 0.6 is 0 Å². The fourth-order valence-corrected chi connectivity index (χ4v) is 0.971. The first kappa shape index (κ1) is 11.2. The van der Waals surface area contributed by atoms with Crippen LogP contribution in [0.25, 0.3) is 0 Å². The van der Waals surface area contributed by atoms with Crippen molar-refractivity contribution < 1.29 is 33.8 Å². The molecule has 0 aromatic heterocycles. The lowest BCUT2D eigenvalue weighted by atomic mass is 10.3. The van der Waals surface area contributed by atoms with Gasteiger partial charge in [0.2, 0.25) is 6.10 Å². The van der Waals surface area contributed by atoms with Gasteiger partial charge in [0.25, 0.3) is 0 Å². The van der Waals surface area contributed by atoms with Gasteiger partial charge in [-0.25, -0.2) is 4.79 Å². The normalized spacial score (nSPS) is 19.9. The second-order valence-corrected chi connectivity index (χ2v) is 2.87. The first-order chi connectivity index (χ1) is 6.99. The molecule has 0 aromatic carbocycles. The van der Waals surface area contributed by atoms with Gasteiger partial charge in [-0.1, -0.05) is 0 Å². The Morgan fingerprint density at radius 2 is 2.07 bits per heavy atom. The number of cyclic esters (lactones) is 2. The van der Waals surface area contributed by atoms with E-state index in [0.29, 0.717) is 0 Å². The van der Waals surface area contributed by atoms with E-state index in [4.69, 9.17) is 5.11 Å². The van der Waals surface area contributed by atoms with Crippen molar-refractivity contribution >= 4 is 23.9 Å². The Bertz CT molecular complexity index is 319. The van der Waals surface area contributed by atoms with E-state index in [9.17, 15) is 19.2 Å². The second-order valence-electron chi connectivity index (χ2n) is 2.87. The molecule has 1 heterocycles. The van der Waals surface area contributed by atoms with Crippen LogP contribution in [0.1, 0.15) is 19.3 Å². The molecule has 7 heteroatoms. The van der Waals surface area contributed by atoms with Crippen molar-refractivity contribution in [1.82, 2.24) is 0 Å². The van der Waals surface area contributed by atoms with Crippen molar-refractivity contribution in [2.45, 2.75) is 25.4 Å². The summed E-state index contributed by atoms with van der Waals surface area (Å²) < 4.78 is 8.68. The molecule has 1 saturated heterocycles. The Hall–Kier alpha value is -1.92. The lowest BCUT2D eigenvalue weighted by Gasteiger charge is -2.05. The number of carbonyl (C=O) groups is 4. The second kappa shape index (κ2) is 4.54. The zero-order valence-electron chi connectivity index (χ0n) is 7.60. The molecule has 0 aliphatic carbocycles. The number of ether oxygens (including phenoxy) is 2. The van der Waals surface area contributed by atoms with Crippen molar-refractivity contribution in [3.05, 3.63) is 0 Å². The lowest BCUT2D eigenvalue weighted by Crippen LogP contribution is -2.22. The highest BCUT2D eigenvalue weighted by Crippen LogP contribution is 2.12. The van der Waals surface area contributed by atoms with Gasteiger partial charge in [-0.3, -0.25) is 14.4 Å². The molecule has 1 N–H and O–H groups in total. The number of aliphatic carboxylic acids is 1. The van der Waals surface area contributed by atoms with Crippen molar-refractivity contribution in [3.8, 4) is 0 Å². The van der Waals surface area contributed by atoms with E-state index in [1.165, 1.54) is 0 Å². The summed E-state index contributed by atoms with van der Waals surface area (Å²) in [5.41, 5.74) is 0. The molecule has 0 saturated carbocycles. The smallest absolute Gasteiger partial charge is 0.355 e. The van der Waals surface area contributed by atoms with Gasteiger partial charge in [0.05, 0.1) is 19.3 Å². The molecule has 0 aromatic rings. The third-order valence-corrected chi connectivity index (χ3v) is 1.65. The molecule has 1 unspecified atom stereocenters. The van der Waals surface area contributed by atoms with Crippen molar-refractivity contribution in [3.63, 3.8) is 0 Å². The molecule has 1 rings (SSSR count).